The zero-order valence-corrected chi connectivity index (χ0v) is 18.4. The second kappa shape index (κ2) is 8.79. The molecular formula is C24H20F3N5O2. The van der Waals surface area contributed by atoms with E-state index in [0.717, 1.165) is 29.1 Å². The average molecular weight is 467 g/mol. The number of imidazole rings is 1. The molecule has 1 atom stereocenters. The van der Waals surface area contributed by atoms with Gasteiger partial charge in [-0.05, 0) is 48.4 Å². The summed E-state index contributed by atoms with van der Waals surface area (Å²) in [6, 6.07) is 7.56. The topological polar surface area (TPSA) is 67.0 Å². The molecule has 0 aliphatic carbocycles. The molecule has 10 heteroatoms. The number of aryl methyl sites for hydroxylation is 1. The van der Waals surface area contributed by atoms with Gasteiger partial charge in [-0.2, -0.15) is 5.10 Å². The quantitative estimate of drug-likeness (QED) is 0.405. The molecule has 4 aromatic rings. The van der Waals surface area contributed by atoms with Gasteiger partial charge in [0.15, 0.2) is 29.1 Å². The molecule has 3 heterocycles. The Morgan fingerprint density at radius 1 is 1.12 bits per heavy atom. The Hall–Kier alpha value is -3.92. The number of aromatic nitrogens is 5. The lowest BCUT2D eigenvalue weighted by Gasteiger charge is -2.23. The van der Waals surface area contributed by atoms with Gasteiger partial charge in [0.05, 0.1) is 38.0 Å². The summed E-state index contributed by atoms with van der Waals surface area (Å²) in [6.45, 7) is 2.62. The van der Waals surface area contributed by atoms with E-state index in [9.17, 15) is 13.2 Å². The smallest absolute Gasteiger partial charge is 0.194 e. The van der Waals surface area contributed by atoms with Crippen LogP contribution < -0.4 is 4.74 Å². The third kappa shape index (κ3) is 4.08. The van der Waals surface area contributed by atoms with Gasteiger partial charge in [-0.3, -0.25) is 0 Å². The minimum Gasteiger partial charge on any atom is -0.495 e. The average Bonchev–Trinajstić information content (AvgIpc) is 3.46. The lowest BCUT2D eigenvalue weighted by molar-refractivity contribution is 0.0385. The van der Waals surface area contributed by atoms with Gasteiger partial charge < -0.3 is 14.0 Å². The molecule has 2 aromatic heterocycles. The fourth-order valence-corrected chi connectivity index (χ4v) is 3.84. The predicted octanol–water partition coefficient (Wildman–Crippen LogP) is 4.49. The highest BCUT2D eigenvalue weighted by atomic mass is 19.2. The molecule has 0 saturated heterocycles. The molecule has 34 heavy (non-hydrogen) atoms. The maximum atomic E-state index is 13.7. The van der Waals surface area contributed by atoms with E-state index < -0.39 is 23.6 Å². The number of ether oxygens (including phenoxy) is 2. The zero-order valence-electron chi connectivity index (χ0n) is 18.4. The van der Waals surface area contributed by atoms with E-state index in [-0.39, 0.29) is 12.2 Å². The summed E-state index contributed by atoms with van der Waals surface area (Å²) in [5.74, 6) is -2.61. The molecular weight excluding hydrogens is 447 g/mol. The van der Waals surface area contributed by atoms with Crippen molar-refractivity contribution in [1.29, 1.82) is 0 Å². The van der Waals surface area contributed by atoms with Crippen LogP contribution in [0.4, 0.5) is 13.2 Å². The zero-order chi connectivity index (χ0) is 23.8. The Bertz CT molecular complexity index is 1370. The van der Waals surface area contributed by atoms with Crippen LogP contribution in [0.25, 0.3) is 17.8 Å². The van der Waals surface area contributed by atoms with E-state index in [4.69, 9.17) is 9.47 Å². The summed E-state index contributed by atoms with van der Waals surface area (Å²) in [5.41, 5.74) is 2.75. The fourth-order valence-electron chi connectivity index (χ4n) is 3.84. The molecule has 7 nitrogen and oxygen atoms in total. The van der Waals surface area contributed by atoms with Gasteiger partial charge in [-0.25, -0.2) is 27.8 Å². The molecule has 0 spiro atoms. The van der Waals surface area contributed by atoms with Gasteiger partial charge in [0.25, 0.3) is 0 Å². The number of rotatable bonds is 5. The third-order valence-corrected chi connectivity index (χ3v) is 5.47. The molecule has 0 N–H and O–H groups in total. The number of halogens is 3. The van der Waals surface area contributed by atoms with E-state index >= 15 is 0 Å². The van der Waals surface area contributed by atoms with Crippen LogP contribution in [0.5, 0.6) is 5.75 Å². The van der Waals surface area contributed by atoms with Crippen molar-refractivity contribution < 1.29 is 22.6 Å². The fraction of sp³-hybridized carbons (Fsp3) is 0.208. The molecule has 2 aromatic carbocycles. The lowest BCUT2D eigenvalue weighted by Crippen LogP contribution is -2.24. The number of hydrogen-bond donors (Lipinski definition) is 0. The Kier molecular flexibility index (Phi) is 5.66. The van der Waals surface area contributed by atoms with Crippen molar-refractivity contribution in [2.75, 3.05) is 13.7 Å². The molecule has 5 rings (SSSR count). The molecule has 0 fully saturated rings. The summed E-state index contributed by atoms with van der Waals surface area (Å²) < 4.78 is 55.6. The number of fused-ring (bicyclic) bond motifs is 1. The minimum atomic E-state index is -1.52. The predicted molar refractivity (Wildman–Crippen MR) is 118 cm³/mol. The first-order valence-electron chi connectivity index (χ1n) is 10.5. The van der Waals surface area contributed by atoms with Crippen molar-refractivity contribution in [2.24, 2.45) is 0 Å². The van der Waals surface area contributed by atoms with Crippen LogP contribution in [-0.4, -0.2) is 38.0 Å². The summed E-state index contributed by atoms with van der Waals surface area (Å²) >= 11 is 0. The van der Waals surface area contributed by atoms with E-state index in [1.165, 1.54) is 0 Å². The van der Waals surface area contributed by atoms with Crippen molar-refractivity contribution in [3.05, 3.63) is 88.8 Å². The number of benzene rings is 2. The van der Waals surface area contributed by atoms with Crippen LogP contribution in [0.2, 0.25) is 0 Å². The first kappa shape index (κ1) is 21.9. The van der Waals surface area contributed by atoms with Gasteiger partial charge in [-0.15, -0.1) is 0 Å². The molecule has 174 valence electrons. The Balaban J connectivity index is 1.42. The maximum absolute atomic E-state index is 13.7. The van der Waals surface area contributed by atoms with Crippen LogP contribution in [0.15, 0.2) is 42.9 Å². The van der Waals surface area contributed by atoms with Crippen LogP contribution in [0, 0.1) is 24.4 Å². The maximum Gasteiger partial charge on any atom is 0.194 e. The highest BCUT2D eigenvalue weighted by Crippen LogP contribution is 2.30. The second-order valence-electron chi connectivity index (χ2n) is 7.79. The van der Waals surface area contributed by atoms with Crippen molar-refractivity contribution in [3.8, 4) is 11.4 Å². The van der Waals surface area contributed by atoms with E-state index in [0.29, 0.717) is 23.9 Å². The first-order chi connectivity index (χ1) is 16.4. The van der Waals surface area contributed by atoms with Gasteiger partial charge in [0, 0.05) is 6.20 Å². The van der Waals surface area contributed by atoms with E-state index in [2.05, 4.69) is 15.1 Å². The summed E-state index contributed by atoms with van der Waals surface area (Å²) in [6.07, 6.45) is 6.33. The highest BCUT2D eigenvalue weighted by molar-refractivity contribution is 5.69. The molecule has 0 radical (unpaired) electrons. The Labute approximate surface area is 193 Å². The van der Waals surface area contributed by atoms with Crippen LogP contribution in [0.1, 0.15) is 34.6 Å². The van der Waals surface area contributed by atoms with E-state index in [1.54, 1.807) is 24.2 Å². The van der Waals surface area contributed by atoms with Crippen molar-refractivity contribution in [3.63, 3.8) is 0 Å². The summed E-state index contributed by atoms with van der Waals surface area (Å²) in [7, 11) is 1.60. The van der Waals surface area contributed by atoms with Gasteiger partial charge in [0.1, 0.15) is 11.9 Å². The number of nitrogens with zero attached hydrogens (tertiary/aromatic N) is 5. The molecule has 1 aliphatic heterocycles. The van der Waals surface area contributed by atoms with Crippen LogP contribution >= 0.6 is 0 Å². The minimum absolute atomic E-state index is 0.135. The lowest BCUT2D eigenvalue weighted by atomic mass is 10.1. The Morgan fingerprint density at radius 3 is 2.62 bits per heavy atom. The molecule has 0 unspecified atom stereocenters. The normalized spacial score (nSPS) is 15.6. The van der Waals surface area contributed by atoms with Crippen LogP contribution in [0.3, 0.4) is 0 Å². The standard InChI is InChI=1S/C24H20F3N5O2/c1-14-12-31(13-28-14)19-5-3-15(9-20(19)33-2)4-6-21-29-24-23(34-8-7-32(24)30-21)16-10-17(25)22(27)18(26)11-16/h3-6,9-13,23H,7-8H2,1-2H3/b6-4+/t23-/m1/s1. The van der Waals surface area contributed by atoms with Gasteiger partial charge in [0.2, 0.25) is 0 Å². The van der Waals surface area contributed by atoms with Gasteiger partial charge >= 0.3 is 0 Å². The monoisotopic (exact) mass is 467 g/mol. The molecule has 1 aliphatic rings. The number of methoxy groups -OCH3 is 1. The van der Waals surface area contributed by atoms with Crippen LogP contribution in [-0.2, 0) is 11.3 Å². The van der Waals surface area contributed by atoms with Crippen molar-refractivity contribution >= 4 is 12.2 Å². The molecule has 0 saturated carbocycles. The SMILES string of the molecule is COc1cc(/C=C/c2nc3n(n2)CCO[C@@H]3c2cc(F)c(F)c(F)c2)ccc1-n1cnc(C)c1. The summed E-state index contributed by atoms with van der Waals surface area (Å²) in [5, 5.41) is 4.45. The molecule has 0 amide bonds. The van der Waals surface area contributed by atoms with Gasteiger partial charge in [-0.1, -0.05) is 12.1 Å². The summed E-state index contributed by atoms with van der Waals surface area (Å²) in [4.78, 5) is 8.72. The largest absolute Gasteiger partial charge is 0.495 e. The Morgan fingerprint density at radius 2 is 1.91 bits per heavy atom. The number of hydrogen-bond acceptors (Lipinski definition) is 5. The third-order valence-electron chi connectivity index (χ3n) is 5.47. The highest BCUT2D eigenvalue weighted by Gasteiger charge is 2.28. The second-order valence-corrected chi connectivity index (χ2v) is 7.79. The van der Waals surface area contributed by atoms with E-state index in [1.807, 2.05) is 42.0 Å². The molecule has 0 bridgehead atoms. The van der Waals surface area contributed by atoms with Crippen molar-refractivity contribution in [2.45, 2.75) is 19.6 Å². The van der Waals surface area contributed by atoms with Crippen molar-refractivity contribution in [1.82, 2.24) is 24.3 Å². The first-order valence-corrected chi connectivity index (χ1v) is 10.5.